The Morgan fingerprint density at radius 3 is 2.62 bits per heavy atom. The second kappa shape index (κ2) is 7.12. The van der Waals surface area contributed by atoms with Crippen LogP contribution in [0.5, 0.6) is 0 Å². The second-order valence-electron chi connectivity index (χ2n) is 5.81. The van der Waals surface area contributed by atoms with Crippen LogP contribution in [0.1, 0.15) is 27.3 Å². The number of nitrogens with one attached hydrogen (secondary N) is 1. The molecule has 0 aliphatic carbocycles. The summed E-state index contributed by atoms with van der Waals surface area (Å²) in [5.74, 6) is -0.0674. The van der Waals surface area contributed by atoms with Gasteiger partial charge in [0.2, 0.25) is 0 Å². The number of carbonyl (C=O) groups excluding carboxylic acids is 1. The molecule has 0 fully saturated rings. The Balaban J connectivity index is 1.52. The van der Waals surface area contributed by atoms with Crippen LogP contribution in [0.3, 0.4) is 0 Å². The fraction of sp³-hybridized carbons (Fsp3) is 0.278. The molecule has 0 aliphatic rings. The largest absolute Gasteiger partial charge is 0.350 e. The van der Waals surface area contributed by atoms with Crippen molar-refractivity contribution in [1.29, 1.82) is 0 Å². The first-order valence-electron chi connectivity index (χ1n) is 7.97. The van der Waals surface area contributed by atoms with Crippen LogP contribution in [0.15, 0.2) is 48.8 Å². The quantitative estimate of drug-likeness (QED) is 0.756. The third-order valence-corrected chi connectivity index (χ3v) is 3.83. The molecule has 1 aromatic carbocycles. The highest BCUT2D eigenvalue weighted by atomic mass is 16.1. The van der Waals surface area contributed by atoms with Gasteiger partial charge in [0, 0.05) is 30.2 Å². The van der Waals surface area contributed by atoms with Crippen molar-refractivity contribution in [1.82, 2.24) is 24.9 Å². The number of aromatic nitrogens is 4. The first-order chi connectivity index (χ1) is 11.6. The lowest BCUT2D eigenvalue weighted by Crippen LogP contribution is -2.27. The predicted molar refractivity (Wildman–Crippen MR) is 91.8 cm³/mol. The molecule has 6 nitrogen and oxygen atoms in total. The molecule has 0 atom stereocenters. The summed E-state index contributed by atoms with van der Waals surface area (Å²) in [7, 11) is 0. The van der Waals surface area contributed by atoms with Crippen LogP contribution in [0.2, 0.25) is 0 Å². The van der Waals surface area contributed by atoms with Gasteiger partial charge in [0.05, 0.1) is 18.8 Å². The van der Waals surface area contributed by atoms with Crippen LogP contribution < -0.4 is 5.32 Å². The number of rotatable bonds is 6. The summed E-state index contributed by atoms with van der Waals surface area (Å²) >= 11 is 0. The molecule has 124 valence electrons. The van der Waals surface area contributed by atoms with Crippen molar-refractivity contribution in [2.24, 2.45) is 0 Å². The van der Waals surface area contributed by atoms with Crippen molar-refractivity contribution in [3.8, 4) is 0 Å². The minimum absolute atomic E-state index is 0.0674. The van der Waals surface area contributed by atoms with E-state index in [4.69, 9.17) is 0 Å². The zero-order valence-corrected chi connectivity index (χ0v) is 13.9. The van der Waals surface area contributed by atoms with Crippen LogP contribution in [0.4, 0.5) is 0 Å². The lowest BCUT2D eigenvalue weighted by atomic mass is 10.1. The van der Waals surface area contributed by atoms with Crippen LogP contribution >= 0.6 is 0 Å². The Hall–Kier alpha value is -2.89. The van der Waals surface area contributed by atoms with Crippen LogP contribution in [0.25, 0.3) is 0 Å². The molecular formula is C18H21N5O. The summed E-state index contributed by atoms with van der Waals surface area (Å²) < 4.78 is 3.76. The van der Waals surface area contributed by atoms with Crippen LogP contribution in [-0.4, -0.2) is 32.0 Å². The maximum absolute atomic E-state index is 12.2. The van der Waals surface area contributed by atoms with Gasteiger partial charge < -0.3 is 5.32 Å². The van der Waals surface area contributed by atoms with E-state index in [1.54, 1.807) is 6.20 Å². The third-order valence-electron chi connectivity index (χ3n) is 3.83. The van der Waals surface area contributed by atoms with E-state index in [9.17, 15) is 4.79 Å². The molecule has 1 amide bonds. The molecule has 6 heteroatoms. The maximum Gasteiger partial charge on any atom is 0.251 e. The lowest BCUT2D eigenvalue weighted by molar-refractivity contribution is 0.0952. The van der Waals surface area contributed by atoms with E-state index in [1.807, 2.05) is 65.8 Å². The maximum atomic E-state index is 12.2. The average Bonchev–Trinajstić information content (AvgIpc) is 3.18. The topological polar surface area (TPSA) is 64.7 Å². The number of carbonyl (C=O) groups is 1. The molecule has 3 aromatic rings. The molecule has 0 saturated carbocycles. The van der Waals surface area contributed by atoms with Crippen molar-refractivity contribution < 1.29 is 4.79 Å². The summed E-state index contributed by atoms with van der Waals surface area (Å²) in [4.78, 5) is 12.2. The normalized spacial score (nSPS) is 10.8. The molecule has 0 bridgehead atoms. The summed E-state index contributed by atoms with van der Waals surface area (Å²) in [5.41, 5.74) is 3.86. The Morgan fingerprint density at radius 2 is 2.00 bits per heavy atom. The lowest BCUT2D eigenvalue weighted by Gasteiger charge is -2.08. The zero-order chi connectivity index (χ0) is 16.9. The van der Waals surface area contributed by atoms with Crippen LogP contribution in [0, 0.1) is 13.8 Å². The number of aryl methyl sites for hydroxylation is 2. The number of amides is 1. The third kappa shape index (κ3) is 3.90. The Kier molecular flexibility index (Phi) is 4.74. The molecule has 2 aromatic heterocycles. The molecule has 0 aliphatic heterocycles. The molecule has 0 saturated heterocycles. The molecular weight excluding hydrogens is 302 g/mol. The molecule has 1 N–H and O–H groups in total. The molecule has 24 heavy (non-hydrogen) atoms. The van der Waals surface area contributed by atoms with Gasteiger partial charge in [-0.25, -0.2) is 0 Å². The van der Waals surface area contributed by atoms with E-state index in [1.165, 1.54) is 0 Å². The predicted octanol–water partition coefficient (Wildman–Crippen LogP) is 2.17. The van der Waals surface area contributed by atoms with Crippen molar-refractivity contribution in [3.05, 3.63) is 71.3 Å². The highest BCUT2D eigenvalue weighted by molar-refractivity contribution is 5.94. The van der Waals surface area contributed by atoms with Crippen molar-refractivity contribution in [3.63, 3.8) is 0 Å². The highest BCUT2D eigenvalue weighted by Gasteiger charge is 2.06. The van der Waals surface area contributed by atoms with Gasteiger partial charge in [0.1, 0.15) is 0 Å². The molecule has 0 unspecified atom stereocenters. The van der Waals surface area contributed by atoms with Gasteiger partial charge in [-0.3, -0.25) is 14.2 Å². The number of hydrogen-bond donors (Lipinski definition) is 1. The fourth-order valence-corrected chi connectivity index (χ4v) is 2.62. The Morgan fingerprint density at radius 1 is 1.21 bits per heavy atom. The van der Waals surface area contributed by atoms with Gasteiger partial charge in [0.25, 0.3) is 5.91 Å². The van der Waals surface area contributed by atoms with Crippen molar-refractivity contribution in [2.75, 3.05) is 6.54 Å². The van der Waals surface area contributed by atoms with E-state index in [0.717, 1.165) is 17.0 Å². The highest BCUT2D eigenvalue weighted by Crippen LogP contribution is 2.06. The van der Waals surface area contributed by atoms with Crippen molar-refractivity contribution >= 4 is 5.91 Å². The Labute approximate surface area is 141 Å². The van der Waals surface area contributed by atoms with Gasteiger partial charge in [-0.2, -0.15) is 10.2 Å². The monoisotopic (exact) mass is 323 g/mol. The first kappa shape index (κ1) is 16.0. The molecule has 2 heterocycles. The van der Waals surface area contributed by atoms with Crippen molar-refractivity contribution in [2.45, 2.75) is 26.9 Å². The van der Waals surface area contributed by atoms with Gasteiger partial charge >= 0.3 is 0 Å². The number of benzene rings is 1. The molecule has 3 rings (SSSR count). The van der Waals surface area contributed by atoms with Gasteiger partial charge in [-0.15, -0.1) is 0 Å². The summed E-state index contributed by atoms with van der Waals surface area (Å²) in [5, 5.41) is 11.5. The van der Waals surface area contributed by atoms with E-state index in [2.05, 4.69) is 15.5 Å². The van der Waals surface area contributed by atoms with Gasteiger partial charge in [-0.1, -0.05) is 12.1 Å². The molecule has 0 spiro atoms. The second-order valence-corrected chi connectivity index (χ2v) is 5.81. The fourth-order valence-electron chi connectivity index (χ4n) is 2.62. The summed E-state index contributed by atoms with van der Waals surface area (Å²) in [6, 6.07) is 11.5. The minimum atomic E-state index is -0.0674. The van der Waals surface area contributed by atoms with Gasteiger partial charge in [-0.05, 0) is 43.7 Å². The van der Waals surface area contributed by atoms with Crippen LogP contribution in [-0.2, 0) is 13.1 Å². The summed E-state index contributed by atoms with van der Waals surface area (Å²) in [6.07, 6.45) is 3.67. The minimum Gasteiger partial charge on any atom is -0.350 e. The smallest absolute Gasteiger partial charge is 0.251 e. The zero-order valence-electron chi connectivity index (χ0n) is 13.9. The van der Waals surface area contributed by atoms with E-state index in [0.29, 0.717) is 25.2 Å². The average molecular weight is 323 g/mol. The van der Waals surface area contributed by atoms with E-state index >= 15 is 0 Å². The molecule has 0 radical (unpaired) electrons. The summed E-state index contributed by atoms with van der Waals surface area (Å²) in [6.45, 7) is 5.90. The SMILES string of the molecule is Cc1cc(C)n(CCNC(=O)c2ccc(Cn3cccn3)cc2)n1. The van der Waals surface area contributed by atoms with Gasteiger partial charge in [0.15, 0.2) is 0 Å². The number of nitrogens with zero attached hydrogens (tertiary/aromatic N) is 4. The Bertz CT molecular complexity index is 803. The van der Waals surface area contributed by atoms with E-state index in [-0.39, 0.29) is 5.91 Å². The first-order valence-corrected chi connectivity index (χ1v) is 7.97. The van der Waals surface area contributed by atoms with E-state index < -0.39 is 0 Å². The standard InChI is InChI=1S/C18H21N5O/c1-14-12-15(2)23(21-14)11-9-19-18(24)17-6-4-16(5-7-17)13-22-10-3-8-20-22/h3-8,10,12H,9,11,13H2,1-2H3,(H,19,24). The number of hydrogen-bond acceptors (Lipinski definition) is 3.